The van der Waals surface area contributed by atoms with Gasteiger partial charge in [-0.2, -0.15) is 4.31 Å². The Balaban J connectivity index is 1.75. The maximum Gasteiger partial charge on any atom is 0.257 e. The van der Waals surface area contributed by atoms with Gasteiger partial charge in [-0.1, -0.05) is 12.1 Å². The highest BCUT2D eigenvalue weighted by atomic mass is 32.2. The third kappa shape index (κ3) is 3.81. The Hall–Kier alpha value is -2.65. The molecule has 9 heteroatoms. The van der Waals surface area contributed by atoms with Crippen molar-refractivity contribution in [3.05, 3.63) is 53.8 Å². The monoisotopic (exact) mass is 408 g/mol. The van der Waals surface area contributed by atoms with Gasteiger partial charge >= 0.3 is 0 Å². The van der Waals surface area contributed by atoms with E-state index in [9.17, 15) is 17.6 Å². The van der Waals surface area contributed by atoms with E-state index in [1.165, 1.54) is 36.7 Å². The van der Waals surface area contributed by atoms with E-state index in [-0.39, 0.29) is 37.0 Å². The lowest BCUT2D eigenvalue weighted by Crippen LogP contribution is -2.50. The molecule has 1 fully saturated rings. The lowest BCUT2D eigenvalue weighted by molar-refractivity contribution is 0.0694. The number of nitrogens with zero attached hydrogens (tertiary/aromatic N) is 2. The van der Waals surface area contributed by atoms with Gasteiger partial charge < -0.3 is 14.4 Å². The van der Waals surface area contributed by atoms with Crippen LogP contribution in [-0.2, 0) is 10.0 Å². The van der Waals surface area contributed by atoms with Crippen molar-refractivity contribution in [1.29, 1.82) is 0 Å². The number of sulfonamides is 1. The van der Waals surface area contributed by atoms with Crippen molar-refractivity contribution in [3.8, 4) is 11.5 Å². The number of carbonyl (C=O) groups excluding carboxylic acids is 1. The topological polar surface area (TPSA) is 76.2 Å². The molecule has 7 nitrogen and oxygen atoms in total. The normalized spacial score (nSPS) is 15.3. The van der Waals surface area contributed by atoms with Crippen LogP contribution in [0.4, 0.5) is 4.39 Å². The molecule has 0 unspecified atom stereocenters. The molecule has 0 radical (unpaired) electrons. The molecule has 0 aliphatic carbocycles. The molecule has 0 bridgehead atoms. The third-order valence-electron chi connectivity index (χ3n) is 4.62. The first-order chi connectivity index (χ1) is 13.4. The van der Waals surface area contributed by atoms with Crippen LogP contribution in [0.2, 0.25) is 0 Å². The molecule has 1 saturated heterocycles. The van der Waals surface area contributed by atoms with Crippen LogP contribution in [0.5, 0.6) is 11.5 Å². The fourth-order valence-corrected chi connectivity index (χ4v) is 4.56. The summed E-state index contributed by atoms with van der Waals surface area (Å²) in [5.41, 5.74) is 0.340. The molecule has 2 aromatic rings. The van der Waals surface area contributed by atoms with Crippen LogP contribution in [-0.4, -0.2) is 63.9 Å². The lowest BCUT2D eigenvalue weighted by atomic mass is 10.1. The van der Waals surface area contributed by atoms with Crippen molar-refractivity contribution in [2.24, 2.45) is 0 Å². The Morgan fingerprint density at radius 3 is 2.29 bits per heavy atom. The van der Waals surface area contributed by atoms with Crippen molar-refractivity contribution in [3.63, 3.8) is 0 Å². The molecule has 1 aliphatic rings. The Bertz CT molecular complexity index is 972. The van der Waals surface area contributed by atoms with E-state index in [2.05, 4.69) is 0 Å². The largest absolute Gasteiger partial charge is 0.497 e. The van der Waals surface area contributed by atoms with Gasteiger partial charge in [0.15, 0.2) is 0 Å². The number of amides is 1. The van der Waals surface area contributed by atoms with Crippen LogP contribution < -0.4 is 9.47 Å². The summed E-state index contributed by atoms with van der Waals surface area (Å²) in [4.78, 5) is 14.1. The number of ether oxygens (including phenoxy) is 2. The average Bonchev–Trinajstić information content (AvgIpc) is 2.73. The minimum atomic E-state index is -3.95. The molecule has 1 aliphatic heterocycles. The Kier molecular flexibility index (Phi) is 5.85. The number of hydrogen-bond donors (Lipinski definition) is 0. The van der Waals surface area contributed by atoms with Gasteiger partial charge in [-0.05, 0) is 30.3 Å². The van der Waals surface area contributed by atoms with Gasteiger partial charge in [0.2, 0.25) is 10.0 Å². The lowest BCUT2D eigenvalue weighted by Gasteiger charge is -2.34. The van der Waals surface area contributed by atoms with Crippen LogP contribution in [0.25, 0.3) is 0 Å². The summed E-state index contributed by atoms with van der Waals surface area (Å²) in [5, 5.41) is 0. The van der Waals surface area contributed by atoms with E-state index in [1.54, 1.807) is 23.1 Å². The Labute approximate surface area is 163 Å². The summed E-state index contributed by atoms with van der Waals surface area (Å²) in [6.07, 6.45) is 0. The zero-order valence-corrected chi connectivity index (χ0v) is 16.4. The van der Waals surface area contributed by atoms with E-state index < -0.39 is 15.8 Å². The van der Waals surface area contributed by atoms with E-state index in [0.717, 1.165) is 6.07 Å². The summed E-state index contributed by atoms with van der Waals surface area (Å²) in [7, 11) is -0.982. The standard InChI is InChI=1S/C19H21FN2O5S/c1-26-14-7-8-17(27-2)15(13-14)19(23)21-9-11-22(12-10-21)28(24,25)18-6-4-3-5-16(18)20/h3-8,13H,9-12H2,1-2H3. The van der Waals surface area contributed by atoms with Crippen LogP contribution in [0.15, 0.2) is 47.4 Å². The van der Waals surface area contributed by atoms with Gasteiger partial charge in [-0.25, -0.2) is 12.8 Å². The Morgan fingerprint density at radius 2 is 1.68 bits per heavy atom. The predicted molar refractivity (Wildman–Crippen MR) is 101 cm³/mol. The first-order valence-corrected chi connectivity index (χ1v) is 10.1. The highest BCUT2D eigenvalue weighted by Crippen LogP contribution is 2.26. The van der Waals surface area contributed by atoms with Gasteiger partial charge in [0.05, 0.1) is 19.8 Å². The summed E-state index contributed by atoms with van der Waals surface area (Å²) in [6.45, 7) is 0.531. The SMILES string of the molecule is COc1ccc(OC)c(C(=O)N2CCN(S(=O)(=O)c3ccccc3F)CC2)c1. The van der Waals surface area contributed by atoms with Gasteiger partial charge in [0.1, 0.15) is 22.2 Å². The molecule has 0 aromatic heterocycles. The van der Waals surface area contributed by atoms with E-state index in [0.29, 0.717) is 17.1 Å². The van der Waals surface area contributed by atoms with E-state index >= 15 is 0 Å². The summed E-state index contributed by atoms with van der Waals surface area (Å²) < 4.78 is 50.9. The van der Waals surface area contributed by atoms with Gasteiger partial charge in [0, 0.05) is 26.2 Å². The number of benzene rings is 2. The average molecular weight is 408 g/mol. The molecule has 2 aromatic carbocycles. The molecular formula is C19H21FN2O5S. The molecular weight excluding hydrogens is 387 g/mol. The second-order valence-corrected chi connectivity index (χ2v) is 8.10. The number of rotatable bonds is 5. The minimum Gasteiger partial charge on any atom is -0.497 e. The summed E-state index contributed by atoms with van der Waals surface area (Å²) >= 11 is 0. The molecule has 1 heterocycles. The molecule has 0 atom stereocenters. The second-order valence-electron chi connectivity index (χ2n) is 6.19. The van der Waals surface area contributed by atoms with Crippen LogP contribution >= 0.6 is 0 Å². The molecule has 0 N–H and O–H groups in total. The Morgan fingerprint density at radius 1 is 1.00 bits per heavy atom. The molecule has 0 spiro atoms. The highest BCUT2D eigenvalue weighted by molar-refractivity contribution is 7.89. The van der Waals surface area contributed by atoms with E-state index in [4.69, 9.17) is 9.47 Å². The fraction of sp³-hybridized carbons (Fsp3) is 0.316. The molecule has 150 valence electrons. The maximum absolute atomic E-state index is 13.9. The highest BCUT2D eigenvalue weighted by Gasteiger charge is 2.32. The maximum atomic E-state index is 13.9. The van der Waals surface area contributed by atoms with E-state index in [1.807, 2.05) is 0 Å². The number of hydrogen-bond acceptors (Lipinski definition) is 5. The van der Waals surface area contributed by atoms with Crippen molar-refractivity contribution >= 4 is 15.9 Å². The zero-order chi connectivity index (χ0) is 20.3. The summed E-state index contributed by atoms with van der Waals surface area (Å²) in [6, 6.07) is 10.2. The van der Waals surface area contributed by atoms with Gasteiger partial charge in [-0.3, -0.25) is 4.79 Å². The number of halogens is 1. The molecule has 28 heavy (non-hydrogen) atoms. The zero-order valence-electron chi connectivity index (χ0n) is 15.6. The van der Waals surface area contributed by atoms with Crippen molar-refractivity contribution < 1.29 is 27.1 Å². The first-order valence-electron chi connectivity index (χ1n) is 8.64. The predicted octanol–water partition coefficient (Wildman–Crippen LogP) is 1.99. The fourth-order valence-electron chi connectivity index (χ4n) is 3.08. The quantitative estimate of drug-likeness (QED) is 0.756. The molecule has 3 rings (SSSR count). The minimum absolute atomic E-state index is 0.0781. The third-order valence-corrected chi connectivity index (χ3v) is 6.55. The van der Waals surface area contributed by atoms with Crippen LogP contribution in [0.1, 0.15) is 10.4 Å². The summed E-state index contributed by atoms with van der Waals surface area (Å²) in [5.74, 6) is -0.141. The van der Waals surface area contributed by atoms with Crippen LogP contribution in [0, 0.1) is 5.82 Å². The first kappa shape index (κ1) is 20.1. The second kappa shape index (κ2) is 8.15. The number of carbonyl (C=O) groups is 1. The molecule has 1 amide bonds. The van der Waals surface area contributed by atoms with Crippen LogP contribution in [0.3, 0.4) is 0 Å². The van der Waals surface area contributed by atoms with Gasteiger partial charge in [0.25, 0.3) is 5.91 Å². The van der Waals surface area contributed by atoms with Crippen molar-refractivity contribution in [1.82, 2.24) is 9.21 Å². The number of methoxy groups -OCH3 is 2. The molecule has 0 saturated carbocycles. The van der Waals surface area contributed by atoms with Crippen molar-refractivity contribution in [2.45, 2.75) is 4.90 Å². The smallest absolute Gasteiger partial charge is 0.257 e. The number of piperazine rings is 1. The van der Waals surface area contributed by atoms with Gasteiger partial charge in [-0.15, -0.1) is 0 Å². The van der Waals surface area contributed by atoms with Crippen molar-refractivity contribution in [2.75, 3.05) is 40.4 Å².